The van der Waals surface area contributed by atoms with E-state index in [0.717, 1.165) is 32.1 Å². The van der Waals surface area contributed by atoms with Crippen molar-refractivity contribution in [2.75, 3.05) is 7.11 Å². The molecule has 0 aromatic heterocycles. The Kier molecular flexibility index (Phi) is 4.37. The molecule has 1 aromatic rings. The fourth-order valence-corrected chi connectivity index (χ4v) is 2.90. The smallest absolute Gasteiger partial charge is 0.250 e. The van der Waals surface area contributed by atoms with E-state index in [0.29, 0.717) is 0 Å². The topological polar surface area (TPSA) is 38.3 Å². The molecule has 0 aliphatic heterocycles. The number of amides is 1. The first-order valence-corrected chi connectivity index (χ1v) is 6.64. The average molecular weight is 247 g/mol. The molecule has 1 fully saturated rings. The molecule has 0 spiro atoms. The van der Waals surface area contributed by atoms with Crippen LogP contribution in [0.3, 0.4) is 0 Å². The minimum Gasteiger partial charge on any atom is -0.277 e. The molecule has 3 nitrogen and oxygen atoms in total. The highest BCUT2D eigenvalue weighted by atomic mass is 16.6. The lowest BCUT2D eigenvalue weighted by Gasteiger charge is -2.35. The third-order valence-electron chi connectivity index (χ3n) is 3.87. The highest BCUT2D eigenvalue weighted by Crippen LogP contribution is 2.39. The van der Waals surface area contributed by atoms with Crippen molar-refractivity contribution in [2.24, 2.45) is 5.41 Å². The highest BCUT2D eigenvalue weighted by Gasteiger charge is 2.39. The van der Waals surface area contributed by atoms with Crippen molar-refractivity contribution in [3.8, 4) is 0 Å². The Hall–Kier alpha value is -1.35. The van der Waals surface area contributed by atoms with Crippen LogP contribution >= 0.6 is 0 Å². The van der Waals surface area contributed by atoms with Gasteiger partial charge in [0.1, 0.15) is 0 Å². The number of benzene rings is 1. The molecule has 0 heterocycles. The molecule has 0 saturated heterocycles. The lowest BCUT2D eigenvalue weighted by molar-refractivity contribution is -0.144. The van der Waals surface area contributed by atoms with Crippen molar-refractivity contribution in [3.05, 3.63) is 35.9 Å². The van der Waals surface area contributed by atoms with Crippen LogP contribution in [0.4, 0.5) is 0 Å². The molecule has 2 rings (SSSR count). The van der Waals surface area contributed by atoms with Gasteiger partial charge in [0.25, 0.3) is 0 Å². The number of carbonyl (C=O) groups is 1. The number of hydrogen-bond acceptors (Lipinski definition) is 2. The lowest BCUT2D eigenvalue weighted by Crippen LogP contribution is -2.43. The van der Waals surface area contributed by atoms with Crippen LogP contribution < -0.4 is 5.48 Å². The molecule has 3 heteroatoms. The van der Waals surface area contributed by atoms with Crippen molar-refractivity contribution < 1.29 is 9.63 Å². The highest BCUT2D eigenvalue weighted by molar-refractivity contribution is 5.82. The Morgan fingerprint density at radius 1 is 1.22 bits per heavy atom. The third-order valence-corrected chi connectivity index (χ3v) is 3.87. The van der Waals surface area contributed by atoms with E-state index in [4.69, 9.17) is 4.84 Å². The van der Waals surface area contributed by atoms with Gasteiger partial charge in [-0.2, -0.15) is 0 Å². The number of carbonyl (C=O) groups excluding carboxylic acids is 1. The third kappa shape index (κ3) is 2.91. The Balaban J connectivity index is 2.16. The predicted molar refractivity (Wildman–Crippen MR) is 70.8 cm³/mol. The van der Waals surface area contributed by atoms with Crippen LogP contribution in [0.2, 0.25) is 0 Å². The summed E-state index contributed by atoms with van der Waals surface area (Å²) in [6, 6.07) is 10.2. The van der Waals surface area contributed by atoms with Gasteiger partial charge in [0.15, 0.2) is 0 Å². The Labute approximate surface area is 108 Å². The summed E-state index contributed by atoms with van der Waals surface area (Å²) < 4.78 is 0. The monoisotopic (exact) mass is 247 g/mol. The van der Waals surface area contributed by atoms with Crippen molar-refractivity contribution in [1.82, 2.24) is 5.48 Å². The van der Waals surface area contributed by atoms with E-state index in [2.05, 4.69) is 17.6 Å². The van der Waals surface area contributed by atoms with Gasteiger partial charge in [-0.3, -0.25) is 9.63 Å². The summed E-state index contributed by atoms with van der Waals surface area (Å²) in [6.45, 7) is 0. The second-order valence-corrected chi connectivity index (χ2v) is 5.14. The Bertz CT molecular complexity index is 383. The number of hydrogen-bond donors (Lipinski definition) is 1. The van der Waals surface area contributed by atoms with Gasteiger partial charge in [-0.05, 0) is 24.8 Å². The summed E-state index contributed by atoms with van der Waals surface area (Å²) in [4.78, 5) is 17.1. The molecule has 18 heavy (non-hydrogen) atoms. The molecule has 1 aliphatic carbocycles. The quantitative estimate of drug-likeness (QED) is 0.831. The van der Waals surface area contributed by atoms with Gasteiger partial charge in [0.05, 0.1) is 12.5 Å². The second kappa shape index (κ2) is 6.01. The summed E-state index contributed by atoms with van der Waals surface area (Å²) in [6.07, 6.45) is 6.21. The minimum absolute atomic E-state index is 0.0357. The lowest BCUT2D eigenvalue weighted by atomic mass is 9.70. The van der Waals surface area contributed by atoms with Gasteiger partial charge in [-0.15, -0.1) is 0 Å². The minimum atomic E-state index is -0.282. The molecular formula is C15H21NO2. The number of hydroxylamine groups is 1. The maximum atomic E-state index is 12.3. The van der Waals surface area contributed by atoms with Gasteiger partial charge >= 0.3 is 0 Å². The standard InChI is InChI=1S/C15H21NO2/c1-18-16-14(17)15(10-6-3-7-11-15)12-13-8-4-2-5-9-13/h2,4-5,8-9H,3,6-7,10-12H2,1H3,(H,16,17). The molecule has 1 aliphatic rings. The van der Waals surface area contributed by atoms with E-state index in [1.54, 1.807) is 0 Å². The van der Waals surface area contributed by atoms with Gasteiger partial charge in [0, 0.05) is 0 Å². The molecule has 1 saturated carbocycles. The summed E-state index contributed by atoms with van der Waals surface area (Å²) >= 11 is 0. The zero-order chi connectivity index (χ0) is 12.8. The molecule has 0 unspecified atom stereocenters. The maximum Gasteiger partial charge on any atom is 0.250 e. The largest absolute Gasteiger partial charge is 0.277 e. The van der Waals surface area contributed by atoms with Crippen molar-refractivity contribution in [1.29, 1.82) is 0 Å². The van der Waals surface area contributed by atoms with E-state index >= 15 is 0 Å². The van der Waals surface area contributed by atoms with E-state index < -0.39 is 0 Å². The molecule has 0 radical (unpaired) electrons. The fraction of sp³-hybridized carbons (Fsp3) is 0.533. The SMILES string of the molecule is CONC(=O)C1(Cc2ccccc2)CCCCC1. The number of rotatable bonds is 4. The van der Waals surface area contributed by atoms with E-state index in [1.165, 1.54) is 19.1 Å². The van der Waals surface area contributed by atoms with Gasteiger partial charge in [-0.25, -0.2) is 5.48 Å². The van der Waals surface area contributed by atoms with Gasteiger partial charge < -0.3 is 0 Å². The van der Waals surface area contributed by atoms with E-state index in [-0.39, 0.29) is 11.3 Å². The summed E-state index contributed by atoms with van der Waals surface area (Å²) in [5.74, 6) is 0.0357. The summed E-state index contributed by atoms with van der Waals surface area (Å²) in [5, 5.41) is 0. The summed E-state index contributed by atoms with van der Waals surface area (Å²) in [7, 11) is 1.50. The van der Waals surface area contributed by atoms with Crippen LogP contribution in [0.5, 0.6) is 0 Å². The molecule has 0 atom stereocenters. The van der Waals surface area contributed by atoms with Crippen molar-refractivity contribution in [3.63, 3.8) is 0 Å². The molecule has 98 valence electrons. The van der Waals surface area contributed by atoms with E-state index in [9.17, 15) is 4.79 Å². The first kappa shape index (κ1) is 13.1. The molecule has 1 amide bonds. The van der Waals surface area contributed by atoms with Crippen molar-refractivity contribution in [2.45, 2.75) is 38.5 Å². The fourth-order valence-electron chi connectivity index (χ4n) is 2.90. The molecule has 0 bridgehead atoms. The number of nitrogens with one attached hydrogen (secondary N) is 1. The molecule has 1 aromatic carbocycles. The first-order valence-electron chi connectivity index (χ1n) is 6.64. The van der Waals surface area contributed by atoms with E-state index in [1.807, 2.05) is 18.2 Å². The summed E-state index contributed by atoms with van der Waals surface area (Å²) in [5.41, 5.74) is 3.48. The zero-order valence-electron chi connectivity index (χ0n) is 10.9. The predicted octanol–water partition coefficient (Wildman–Crippen LogP) is 2.86. The zero-order valence-corrected chi connectivity index (χ0v) is 10.9. The van der Waals surface area contributed by atoms with Crippen LogP contribution in [0.1, 0.15) is 37.7 Å². The van der Waals surface area contributed by atoms with Crippen LogP contribution in [0, 0.1) is 5.41 Å². The normalized spacial score (nSPS) is 18.3. The van der Waals surface area contributed by atoms with Crippen LogP contribution in [0.15, 0.2) is 30.3 Å². The average Bonchev–Trinajstić information content (AvgIpc) is 2.41. The van der Waals surface area contributed by atoms with Crippen LogP contribution in [-0.4, -0.2) is 13.0 Å². The second-order valence-electron chi connectivity index (χ2n) is 5.14. The molecule has 1 N–H and O–H groups in total. The molecular weight excluding hydrogens is 226 g/mol. The Morgan fingerprint density at radius 3 is 2.50 bits per heavy atom. The van der Waals surface area contributed by atoms with Gasteiger partial charge in [0.2, 0.25) is 5.91 Å². The maximum absolute atomic E-state index is 12.3. The van der Waals surface area contributed by atoms with Crippen molar-refractivity contribution >= 4 is 5.91 Å². The van der Waals surface area contributed by atoms with Crippen LogP contribution in [0.25, 0.3) is 0 Å². The van der Waals surface area contributed by atoms with Crippen LogP contribution in [-0.2, 0) is 16.1 Å². The first-order chi connectivity index (χ1) is 8.77. The van der Waals surface area contributed by atoms with Gasteiger partial charge in [-0.1, -0.05) is 49.6 Å². The Morgan fingerprint density at radius 2 is 1.89 bits per heavy atom.